The molecule has 2 aromatic carbocycles. The molecule has 5 nitrogen and oxygen atoms in total. The largest absolute Gasteiger partial charge is 0.326 e. The summed E-state index contributed by atoms with van der Waals surface area (Å²) >= 11 is 1.39. The standard InChI is InChI=1S/C19H19N3O2S/c1-12-14(18(24)22-19(20-12)25-2)10-11-17(23)21-16-9-5-7-13-6-3-4-8-15(13)16/h3-9H,10-11H2,1-2H3,(H,21,23)(H,20,22,24). The number of H-pyrrole nitrogens is 1. The Morgan fingerprint density at radius 2 is 1.96 bits per heavy atom. The number of anilines is 1. The number of aryl methyl sites for hydroxylation is 1. The molecule has 0 saturated carbocycles. The van der Waals surface area contributed by atoms with Gasteiger partial charge >= 0.3 is 0 Å². The van der Waals surface area contributed by atoms with Gasteiger partial charge in [-0.25, -0.2) is 4.98 Å². The van der Waals surface area contributed by atoms with Gasteiger partial charge in [-0.05, 0) is 31.1 Å². The highest BCUT2D eigenvalue weighted by Crippen LogP contribution is 2.23. The molecule has 0 aliphatic carbocycles. The highest BCUT2D eigenvalue weighted by atomic mass is 32.2. The zero-order valence-corrected chi connectivity index (χ0v) is 14.9. The molecular formula is C19H19N3O2S. The lowest BCUT2D eigenvalue weighted by Crippen LogP contribution is -2.20. The van der Waals surface area contributed by atoms with Gasteiger partial charge in [-0.2, -0.15) is 0 Å². The van der Waals surface area contributed by atoms with Crippen molar-refractivity contribution in [2.75, 3.05) is 11.6 Å². The van der Waals surface area contributed by atoms with Crippen LogP contribution in [0.1, 0.15) is 17.7 Å². The fourth-order valence-corrected chi connectivity index (χ4v) is 3.18. The van der Waals surface area contributed by atoms with Crippen LogP contribution in [0.3, 0.4) is 0 Å². The van der Waals surface area contributed by atoms with Gasteiger partial charge < -0.3 is 10.3 Å². The minimum Gasteiger partial charge on any atom is -0.326 e. The third-order valence-electron chi connectivity index (χ3n) is 4.06. The zero-order chi connectivity index (χ0) is 17.8. The second-order valence-corrected chi connectivity index (χ2v) is 6.51. The molecule has 2 N–H and O–H groups in total. The first-order valence-electron chi connectivity index (χ1n) is 8.00. The van der Waals surface area contributed by atoms with E-state index in [0.717, 1.165) is 16.5 Å². The predicted molar refractivity (Wildman–Crippen MR) is 102 cm³/mol. The minimum absolute atomic E-state index is 0.121. The lowest BCUT2D eigenvalue weighted by molar-refractivity contribution is -0.116. The van der Waals surface area contributed by atoms with Gasteiger partial charge in [0.2, 0.25) is 5.91 Å². The van der Waals surface area contributed by atoms with Crippen molar-refractivity contribution in [1.82, 2.24) is 9.97 Å². The van der Waals surface area contributed by atoms with Crippen LogP contribution in [-0.4, -0.2) is 22.1 Å². The van der Waals surface area contributed by atoms with E-state index in [-0.39, 0.29) is 17.9 Å². The van der Waals surface area contributed by atoms with Gasteiger partial charge in [0.05, 0.1) is 0 Å². The summed E-state index contributed by atoms with van der Waals surface area (Å²) in [6.45, 7) is 1.80. The molecule has 1 amide bonds. The van der Waals surface area contributed by atoms with E-state index in [1.807, 2.05) is 48.7 Å². The normalized spacial score (nSPS) is 10.8. The molecule has 0 saturated heterocycles. The summed E-state index contributed by atoms with van der Waals surface area (Å²) in [6, 6.07) is 13.7. The first kappa shape index (κ1) is 17.2. The summed E-state index contributed by atoms with van der Waals surface area (Å²) in [5.74, 6) is -0.121. The molecule has 0 aliphatic rings. The van der Waals surface area contributed by atoms with E-state index in [1.54, 1.807) is 6.92 Å². The highest BCUT2D eigenvalue weighted by molar-refractivity contribution is 7.98. The molecule has 25 heavy (non-hydrogen) atoms. The molecule has 0 radical (unpaired) electrons. The Kier molecular flexibility index (Phi) is 5.19. The Bertz CT molecular complexity index is 977. The number of aromatic amines is 1. The van der Waals surface area contributed by atoms with Gasteiger partial charge in [-0.3, -0.25) is 9.59 Å². The number of fused-ring (bicyclic) bond motifs is 1. The number of aromatic nitrogens is 2. The smallest absolute Gasteiger partial charge is 0.254 e. The molecule has 1 heterocycles. The molecule has 0 spiro atoms. The summed E-state index contributed by atoms with van der Waals surface area (Å²) < 4.78 is 0. The lowest BCUT2D eigenvalue weighted by atomic mass is 10.1. The van der Waals surface area contributed by atoms with Crippen molar-refractivity contribution in [3.8, 4) is 0 Å². The molecule has 3 rings (SSSR count). The van der Waals surface area contributed by atoms with Crippen LogP contribution in [0.2, 0.25) is 0 Å². The van der Waals surface area contributed by atoms with Crippen molar-refractivity contribution >= 4 is 34.1 Å². The Morgan fingerprint density at radius 1 is 1.20 bits per heavy atom. The van der Waals surface area contributed by atoms with E-state index in [4.69, 9.17) is 0 Å². The Hall–Kier alpha value is -2.60. The second kappa shape index (κ2) is 7.53. The van der Waals surface area contributed by atoms with E-state index in [1.165, 1.54) is 11.8 Å². The lowest BCUT2D eigenvalue weighted by Gasteiger charge is -2.09. The number of thioether (sulfide) groups is 1. The molecule has 128 valence electrons. The van der Waals surface area contributed by atoms with Gasteiger partial charge in [-0.15, -0.1) is 0 Å². The van der Waals surface area contributed by atoms with Crippen LogP contribution in [0.25, 0.3) is 10.8 Å². The first-order valence-corrected chi connectivity index (χ1v) is 9.22. The number of nitrogens with one attached hydrogen (secondary N) is 2. The zero-order valence-electron chi connectivity index (χ0n) is 14.1. The van der Waals surface area contributed by atoms with Crippen molar-refractivity contribution in [2.24, 2.45) is 0 Å². The first-order chi connectivity index (χ1) is 12.1. The van der Waals surface area contributed by atoms with Crippen LogP contribution in [0.4, 0.5) is 5.69 Å². The summed E-state index contributed by atoms with van der Waals surface area (Å²) in [4.78, 5) is 31.5. The van der Waals surface area contributed by atoms with Crippen LogP contribution in [0.15, 0.2) is 52.4 Å². The molecule has 1 aromatic heterocycles. The molecule has 0 aliphatic heterocycles. The summed E-state index contributed by atoms with van der Waals surface area (Å²) in [6.07, 6.45) is 2.45. The quantitative estimate of drug-likeness (QED) is 0.544. The van der Waals surface area contributed by atoms with Crippen LogP contribution in [0, 0.1) is 6.92 Å². The van der Waals surface area contributed by atoms with E-state index in [9.17, 15) is 9.59 Å². The average molecular weight is 353 g/mol. The fraction of sp³-hybridized carbons (Fsp3) is 0.211. The monoisotopic (exact) mass is 353 g/mol. The van der Waals surface area contributed by atoms with Crippen LogP contribution < -0.4 is 10.9 Å². The minimum atomic E-state index is -0.171. The third kappa shape index (κ3) is 3.91. The molecule has 0 fully saturated rings. The van der Waals surface area contributed by atoms with Crippen molar-refractivity contribution in [1.29, 1.82) is 0 Å². The number of carbonyl (C=O) groups is 1. The topological polar surface area (TPSA) is 74.8 Å². The number of amides is 1. The number of nitrogens with zero attached hydrogens (tertiary/aromatic N) is 1. The molecule has 0 bridgehead atoms. The molecular weight excluding hydrogens is 334 g/mol. The Balaban J connectivity index is 1.72. The van der Waals surface area contributed by atoms with Crippen LogP contribution >= 0.6 is 11.8 Å². The summed E-state index contributed by atoms with van der Waals surface area (Å²) in [5, 5.41) is 5.60. The van der Waals surface area contributed by atoms with Gasteiger partial charge in [0.15, 0.2) is 5.16 Å². The maximum atomic E-state index is 12.3. The van der Waals surface area contributed by atoms with Crippen molar-refractivity contribution in [2.45, 2.75) is 24.9 Å². The van der Waals surface area contributed by atoms with Gasteiger partial charge in [0.25, 0.3) is 5.56 Å². The maximum Gasteiger partial charge on any atom is 0.254 e. The Labute approximate surface area is 149 Å². The van der Waals surface area contributed by atoms with Crippen LogP contribution in [0.5, 0.6) is 0 Å². The SMILES string of the molecule is CSc1nc(C)c(CCC(=O)Nc2cccc3ccccc23)c(=O)[nH]1. The van der Waals surface area contributed by atoms with Gasteiger partial charge in [0.1, 0.15) is 0 Å². The van der Waals surface area contributed by atoms with E-state index in [0.29, 0.717) is 22.8 Å². The average Bonchev–Trinajstić information content (AvgIpc) is 2.61. The highest BCUT2D eigenvalue weighted by Gasteiger charge is 2.11. The third-order valence-corrected chi connectivity index (χ3v) is 4.64. The van der Waals surface area contributed by atoms with Gasteiger partial charge in [-0.1, -0.05) is 48.2 Å². The maximum absolute atomic E-state index is 12.3. The molecule has 6 heteroatoms. The van der Waals surface area contributed by atoms with E-state index >= 15 is 0 Å². The number of carbonyl (C=O) groups excluding carboxylic acids is 1. The van der Waals surface area contributed by atoms with E-state index < -0.39 is 0 Å². The second-order valence-electron chi connectivity index (χ2n) is 5.71. The number of hydrogen-bond acceptors (Lipinski definition) is 4. The van der Waals surface area contributed by atoms with E-state index in [2.05, 4.69) is 15.3 Å². The van der Waals surface area contributed by atoms with Crippen molar-refractivity contribution in [3.05, 3.63) is 64.1 Å². The van der Waals surface area contributed by atoms with Crippen molar-refractivity contribution in [3.63, 3.8) is 0 Å². The predicted octanol–water partition coefficient (Wildman–Crippen LogP) is 3.52. The summed E-state index contributed by atoms with van der Waals surface area (Å²) in [5.41, 5.74) is 1.84. The van der Waals surface area contributed by atoms with Gasteiger partial charge in [0, 0.05) is 28.8 Å². The number of hydrogen-bond donors (Lipinski definition) is 2. The molecule has 0 atom stereocenters. The summed E-state index contributed by atoms with van der Waals surface area (Å²) in [7, 11) is 0. The number of benzene rings is 2. The fourth-order valence-electron chi connectivity index (χ4n) is 2.76. The van der Waals surface area contributed by atoms with Crippen molar-refractivity contribution < 1.29 is 4.79 Å². The van der Waals surface area contributed by atoms with Crippen LogP contribution in [-0.2, 0) is 11.2 Å². The Morgan fingerprint density at radius 3 is 2.72 bits per heavy atom. The number of rotatable bonds is 5. The molecule has 3 aromatic rings. The molecule has 0 unspecified atom stereocenters.